The predicted octanol–water partition coefficient (Wildman–Crippen LogP) is 0.426. The summed E-state index contributed by atoms with van der Waals surface area (Å²) >= 11 is 0. The number of pyridine rings is 1. The molecule has 1 aliphatic heterocycles. The maximum absolute atomic E-state index is 12.2. The van der Waals surface area contributed by atoms with Crippen LogP contribution in [0, 0.1) is 0 Å². The quantitative estimate of drug-likeness (QED) is 0.837. The summed E-state index contributed by atoms with van der Waals surface area (Å²) in [6, 6.07) is 1.74. The second-order valence-corrected chi connectivity index (χ2v) is 6.63. The van der Waals surface area contributed by atoms with Gasteiger partial charge in [0.2, 0.25) is 10.0 Å². The molecule has 0 spiro atoms. The zero-order valence-corrected chi connectivity index (χ0v) is 11.9. The summed E-state index contributed by atoms with van der Waals surface area (Å²) in [6.45, 7) is 1.43. The van der Waals surface area contributed by atoms with Gasteiger partial charge in [-0.3, -0.25) is 4.98 Å². The monoisotopic (exact) mass is 284 g/mol. The Morgan fingerprint density at radius 3 is 3.00 bits per heavy atom. The second-order valence-electron chi connectivity index (χ2n) is 4.90. The summed E-state index contributed by atoms with van der Waals surface area (Å²) in [7, 11) is -1.55. The van der Waals surface area contributed by atoms with Crippen LogP contribution in [0.25, 0.3) is 0 Å². The zero-order chi connectivity index (χ0) is 13.9. The molecule has 1 fully saturated rings. The van der Waals surface area contributed by atoms with Gasteiger partial charge in [0.15, 0.2) is 0 Å². The molecular weight excluding hydrogens is 264 g/mol. The third-order valence-electron chi connectivity index (χ3n) is 3.54. The fraction of sp³-hybridized carbons (Fsp3) is 0.583. The average molecular weight is 284 g/mol. The van der Waals surface area contributed by atoms with Gasteiger partial charge in [-0.2, -0.15) is 0 Å². The van der Waals surface area contributed by atoms with Crippen LogP contribution < -0.4 is 10.5 Å². The number of nitrogen functional groups attached to an aromatic ring is 1. The molecule has 0 aliphatic carbocycles. The van der Waals surface area contributed by atoms with E-state index in [1.807, 2.05) is 7.05 Å². The highest BCUT2D eigenvalue weighted by molar-refractivity contribution is 7.89. The van der Waals surface area contributed by atoms with Crippen LogP contribution in [0.5, 0.6) is 0 Å². The number of nitrogens with two attached hydrogens (primary N) is 1. The SMILES string of the molecule is CN1CCCCC1CNS(=O)(=O)c1cnccc1N. The minimum absolute atomic E-state index is 0.0495. The lowest BCUT2D eigenvalue weighted by Crippen LogP contribution is -2.44. The molecule has 1 aromatic rings. The average Bonchev–Trinajstić information content (AvgIpc) is 2.38. The second kappa shape index (κ2) is 5.85. The van der Waals surface area contributed by atoms with Crippen molar-refractivity contribution in [2.24, 2.45) is 0 Å². The topological polar surface area (TPSA) is 88.3 Å². The number of piperidine rings is 1. The van der Waals surface area contributed by atoms with E-state index in [0.29, 0.717) is 6.54 Å². The highest BCUT2D eigenvalue weighted by atomic mass is 32.2. The predicted molar refractivity (Wildman–Crippen MR) is 74.1 cm³/mol. The third kappa shape index (κ3) is 3.43. The van der Waals surface area contributed by atoms with Gasteiger partial charge >= 0.3 is 0 Å². The molecule has 1 saturated heterocycles. The van der Waals surface area contributed by atoms with Crippen molar-refractivity contribution in [2.75, 3.05) is 25.9 Å². The molecule has 19 heavy (non-hydrogen) atoms. The summed E-state index contributed by atoms with van der Waals surface area (Å²) in [4.78, 5) is 6.05. The molecular formula is C12H20N4O2S. The van der Waals surface area contributed by atoms with E-state index in [1.165, 1.54) is 24.9 Å². The summed E-state index contributed by atoms with van der Waals surface area (Å²) in [5, 5.41) is 0. The molecule has 1 aliphatic rings. The Bertz CT molecular complexity index is 532. The minimum Gasteiger partial charge on any atom is -0.398 e. The number of hydrogen-bond donors (Lipinski definition) is 2. The van der Waals surface area contributed by atoms with Crippen molar-refractivity contribution < 1.29 is 8.42 Å². The normalized spacial score (nSPS) is 21.4. The van der Waals surface area contributed by atoms with Gasteiger partial charge in [0.1, 0.15) is 4.90 Å². The highest BCUT2D eigenvalue weighted by Gasteiger charge is 2.23. The number of nitrogens with zero attached hydrogens (tertiary/aromatic N) is 2. The maximum atomic E-state index is 12.2. The van der Waals surface area contributed by atoms with Crippen LogP contribution in [0.1, 0.15) is 19.3 Å². The summed E-state index contributed by atoms with van der Waals surface area (Å²) in [5.41, 5.74) is 5.89. The Morgan fingerprint density at radius 1 is 1.53 bits per heavy atom. The van der Waals surface area contributed by atoms with Gasteiger partial charge < -0.3 is 10.6 Å². The lowest BCUT2D eigenvalue weighted by molar-refractivity contribution is 0.187. The summed E-state index contributed by atoms with van der Waals surface area (Å²) < 4.78 is 26.9. The number of anilines is 1. The first kappa shape index (κ1) is 14.2. The van der Waals surface area contributed by atoms with Gasteiger partial charge in [-0.05, 0) is 32.5 Å². The van der Waals surface area contributed by atoms with E-state index in [4.69, 9.17) is 5.73 Å². The molecule has 0 aromatic carbocycles. The van der Waals surface area contributed by atoms with Crippen molar-refractivity contribution in [1.82, 2.24) is 14.6 Å². The number of nitrogens with one attached hydrogen (secondary N) is 1. The molecule has 7 heteroatoms. The Balaban J connectivity index is 2.04. The molecule has 0 saturated carbocycles. The van der Waals surface area contributed by atoms with Gasteiger partial charge in [-0.25, -0.2) is 13.1 Å². The van der Waals surface area contributed by atoms with E-state index in [1.54, 1.807) is 0 Å². The lowest BCUT2D eigenvalue weighted by Gasteiger charge is -2.32. The number of sulfonamides is 1. The van der Waals surface area contributed by atoms with Crippen molar-refractivity contribution in [3.8, 4) is 0 Å². The maximum Gasteiger partial charge on any atom is 0.244 e. The number of aromatic nitrogens is 1. The van der Waals surface area contributed by atoms with Crippen LogP contribution in [0.3, 0.4) is 0 Å². The van der Waals surface area contributed by atoms with E-state index >= 15 is 0 Å². The first-order valence-electron chi connectivity index (χ1n) is 6.40. The fourth-order valence-corrected chi connectivity index (χ4v) is 3.45. The third-order valence-corrected chi connectivity index (χ3v) is 5.00. The number of likely N-dealkylation sites (tertiary alicyclic amines) is 1. The number of rotatable bonds is 4. The molecule has 106 valence electrons. The van der Waals surface area contributed by atoms with Gasteiger partial charge in [0.25, 0.3) is 0 Å². The van der Waals surface area contributed by atoms with E-state index in [0.717, 1.165) is 19.4 Å². The number of likely N-dealkylation sites (N-methyl/N-ethyl adjacent to an activating group) is 1. The zero-order valence-electron chi connectivity index (χ0n) is 11.0. The molecule has 1 atom stereocenters. The van der Waals surface area contributed by atoms with Crippen molar-refractivity contribution in [1.29, 1.82) is 0 Å². The van der Waals surface area contributed by atoms with E-state index in [-0.39, 0.29) is 16.6 Å². The van der Waals surface area contributed by atoms with Crippen LogP contribution in [-0.2, 0) is 10.0 Å². The van der Waals surface area contributed by atoms with Crippen LogP contribution in [-0.4, -0.2) is 44.5 Å². The van der Waals surface area contributed by atoms with E-state index < -0.39 is 10.0 Å². The van der Waals surface area contributed by atoms with Crippen LogP contribution in [0.15, 0.2) is 23.4 Å². The van der Waals surface area contributed by atoms with E-state index in [2.05, 4.69) is 14.6 Å². The molecule has 0 amide bonds. The first-order valence-corrected chi connectivity index (χ1v) is 7.88. The molecule has 1 unspecified atom stereocenters. The standard InChI is InChI=1S/C12H20N4O2S/c1-16-7-3-2-4-10(16)8-15-19(17,18)12-9-14-6-5-11(12)13/h5-6,9-10,15H,2-4,7-8H2,1H3,(H2,13,14). The van der Waals surface area contributed by atoms with Gasteiger partial charge in [0, 0.05) is 25.0 Å². The first-order chi connectivity index (χ1) is 9.00. The Labute approximate surface area is 114 Å². The van der Waals surface area contributed by atoms with Gasteiger partial charge in [0.05, 0.1) is 5.69 Å². The minimum atomic E-state index is -3.58. The smallest absolute Gasteiger partial charge is 0.244 e. The molecule has 2 rings (SSSR count). The Kier molecular flexibility index (Phi) is 4.38. The Hall–Kier alpha value is -1.18. The molecule has 1 aromatic heterocycles. The van der Waals surface area contributed by atoms with Crippen LogP contribution >= 0.6 is 0 Å². The van der Waals surface area contributed by atoms with Crippen LogP contribution in [0.4, 0.5) is 5.69 Å². The van der Waals surface area contributed by atoms with Crippen molar-refractivity contribution in [2.45, 2.75) is 30.2 Å². The largest absolute Gasteiger partial charge is 0.398 e. The van der Waals surface area contributed by atoms with Gasteiger partial charge in [-0.15, -0.1) is 0 Å². The van der Waals surface area contributed by atoms with Crippen molar-refractivity contribution >= 4 is 15.7 Å². The fourth-order valence-electron chi connectivity index (χ4n) is 2.30. The summed E-state index contributed by atoms with van der Waals surface area (Å²) in [6.07, 6.45) is 6.09. The van der Waals surface area contributed by atoms with Crippen molar-refractivity contribution in [3.63, 3.8) is 0 Å². The molecule has 6 nitrogen and oxygen atoms in total. The lowest BCUT2D eigenvalue weighted by atomic mass is 10.0. The molecule has 0 bridgehead atoms. The number of hydrogen-bond acceptors (Lipinski definition) is 5. The summed E-state index contributed by atoms with van der Waals surface area (Å²) in [5.74, 6) is 0. The highest BCUT2D eigenvalue weighted by Crippen LogP contribution is 2.17. The van der Waals surface area contributed by atoms with E-state index in [9.17, 15) is 8.42 Å². The molecule has 0 radical (unpaired) electrons. The Morgan fingerprint density at radius 2 is 2.32 bits per heavy atom. The van der Waals surface area contributed by atoms with Crippen LogP contribution in [0.2, 0.25) is 0 Å². The molecule has 2 heterocycles. The van der Waals surface area contributed by atoms with Gasteiger partial charge in [-0.1, -0.05) is 6.42 Å². The molecule has 3 N–H and O–H groups in total. The van der Waals surface area contributed by atoms with Crippen molar-refractivity contribution in [3.05, 3.63) is 18.5 Å².